The first-order valence-electron chi connectivity index (χ1n) is 25.9. The highest BCUT2D eigenvalue weighted by Crippen LogP contribution is 2.43. The summed E-state index contributed by atoms with van der Waals surface area (Å²) in [5.74, 6) is -2.13. The average Bonchev–Trinajstić information content (AvgIpc) is 3.97. The number of likely N-dealkylation sites (tertiary alicyclic amines) is 1. The maximum atomic E-state index is 14.7. The largest absolute Gasteiger partial charge is 0.464 e. The van der Waals surface area contributed by atoms with Gasteiger partial charge >= 0.3 is 18.2 Å². The number of likely N-dealkylation sites (N-methyl/N-ethyl adjacent to an activating group) is 2. The smallest absolute Gasteiger partial charge is 0.406 e. The van der Waals surface area contributed by atoms with Crippen molar-refractivity contribution in [1.29, 1.82) is 0 Å². The Hall–Kier alpha value is -6.32. The summed E-state index contributed by atoms with van der Waals surface area (Å²) in [7, 11) is 3.09. The summed E-state index contributed by atoms with van der Waals surface area (Å²) < 4.78 is 63.1. The van der Waals surface area contributed by atoms with Crippen molar-refractivity contribution in [2.75, 3.05) is 66.6 Å². The number of hydrogen-bond donors (Lipinski definition) is 2. The Labute approximate surface area is 435 Å². The van der Waals surface area contributed by atoms with Crippen LogP contribution in [-0.2, 0) is 48.0 Å². The first kappa shape index (κ1) is 54.9. The van der Waals surface area contributed by atoms with Gasteiger partial charge in [0, 0.05) is 99.0 Å². The van der Waals surface area contributed by atoms with Gasteiger partial charge in [0.1, 0.15) is 30.9 Å². The fourth-order valence-corrected chi connectivity index (χ4v) is 11.5. The maximum Gasteiger partial charge on any atom is 0.406 e. The molecule has 1 spiro atoms. The van der Waals surface area contributed by atoms with Gasteiger partial charge in [-0.05, 0) is 93.5 Å². The Bertz CT molecular complexity index is 2780. The molecule has 4 atom stereocenters. The van der Waals surface area contributed by atoms with Crippen LogP contribution in [0.4, 0.5) is 18.0 Å². The summed E-state index contributed by atoms with van der Waals surface area (Å²) in [5.41, 5.74) is 4.69. The summed E-state index contributed by atoms with van der Waals surface area (Å²) in [6, 6.07) is 4.80. The molecule has 0 saturated carbocycles. The number of fused-ring (bicyclic) bond motifs is 6. The molecule has 406 valence electrons. The van der Waals surface area contributed by atoms with Crippen LogP contribution in [0.25, 0.3) is 33.6 Å². The number of hydrazine groups is 1. The number of urea groups is 1. The fourth-order valence-electron chi connectivity index (χ4n) is 11.5. The van der Waals surface area contributed by atoms with E-state index in [1.165, 1.54) is 33.9 Å². The Morgan fingerprint density at radius 3 is 2.49 bits per heavy atom. The third-order valence-corrected chi connectivity index (χ3v) is 15.4. The number of piperidine rings is 1. The molecule has 8 rings (SSSR count). The van der Waals surface area contributed by atoms with Crippen molar-refractivity contribution in [2.45, 2.75) is 123 Å². The number of aromatic nitrogens is 3. The molecule has 0 unspecified atom stereocenters. The topological polar surface area (TPSA) is 188 Å². The third-order valence-electron chi connectivity index (χ3n) is 15.4. The first-order valence-corrected chi connectivity index (χ1v) is 25.9. The van der Waals surface area contributed by atoms with Gasteiger partial charge < -0.3 is 38.5 Å². The van der Waals surface area contributed by atoms with Crippen LogP contribution >= 0.6 is 0 Å². The van der Waals surface area contributed by atoms with Crippen LogP contribution < -0.4 is 10.7 Å². The quantitative estimate of drug-likeness (QED) is 0.129. The molecular weight excluding hydrogens is 974 g/mol. The number of nitrogens with zero attached hydrogens (tertiary/aromatic N) is 8. The number of alkyl halides is 3. The third kappa shape index (κ3) is 11.6. The average molecular weight is 1050 g/mol. The van der Waals surface area contributed by atoms with E-state index in [9.17, 15) is 37.1 Å². The second-order valence-corrected chi connectivity index (χ2v) is 21.6. The van der Waals surface area contributed by atoms with E-state index in [4.69, 9.17) is 18.9 Å². The highest BCUT2D eigenvalue weighted by molar-refractivity contribution is 5.95. The normalized spacial score (nSPS) is 21.4. The second kappa shape index (κ2) is 22.1. The minimum absolute atomic E-state index is 0.117. The zero-order valence-electron chi connectivity index (χ0n) is 44.3. The van der Waals surface area contributed by atoms with Crippen molar-refractivity contribution in [2.24, 2.45) is 11.3 Å². The predicted molar refractivity (Wildman–Crippen MR) is 273 cm³/mol. The summed E-state index contributed by atoms with van der Waals surface area (Å²) in [6.45, 7) is 17.2. The molecule has 3 aromatic heterocycles. The van der Waals surface area contributed by atoms with Crippen LogP contribution in [0.3, 0.4) is 0 Å². The molecule has 6 bridgehead atoms. The molecule has 7 heterocycles. The SMILES string of the molecule is C=CC(=O)N1CCN(CC)C2(CCN(C(=O)N(C)[C@H](C(=O)N[C@H]3Cc4coc(n4)-c4ccc5c(c4)c(c(-c4cccnc4[C@H](C)OC)n5CC(F)(F)F)CC(C)(C)COC(=O)[C@@H]4CCCN(N4)C3=O)C(C)C)CC2)C1. The number of methoxy groups -OCH3 is 1. The van der Waals surface area contributed by atoms with Crippen LogP contribution in [0.1, 0.15) is 90.3 Å². The second-order valence-electron chi connectivity index (χ2n) is 21.6. The Kier molecular flexibility index (Phi) is 16.2. The number of benzene rings is 1. The lowest BCUT2D eigenvalue weighted by molar-refractivity contribution is -0.155. The fraction of sp³-hybridized carbons (Fsp3) is 0.574. The van der Waals surface area contributed by atoms with Gasteiger partial charge in [-0.25, -0.2) is 15.2 Å². The van der Waals surface area contributed by atoms with E-state index in [1.54, 1.807) is 55.4 Å². The number of cyclic esters (lactones) is 1. The molecule has 4 aliphatic heterocycles. The van der Waals surface area contributed by atoms with Gasteiger partial charge in [0.25, 0.3) is 5.91 Å². The van der Waals surface area contributed by atoms with Gasteiger partial charge in [0.2, 0.25) is 17.7 Å². The van der Waals surface area contributed by atoms with E-state index in [0.29, 0.717) is 90.8 Å². The van der Waals surface area contributed by atoms with Gasteiger partial charge in [-0.3, -0.25) is 34.1 Å². The van der Waals surface area contributed by atoms with Crippen LogP contribution in [-0.4, -0.2) is 165 Å². The molecule has 4 aliphatic rings. The molecular formula is C54H71F3N10O8. The van der Waals surface area contributed by atoms with Crippen LogP contribution in [0.5, 0.6) is 0 Å². The van der Waals surface area contributed by atoms with E-state index in [0.717, 1.165) is 13.1 Å². The number of ether oxygens (including phenoxy) is 2. The van der Waals surface area contributed by atoms with Gasteiger partial charge in [-0.1, -0.05) is 41.2 Å². The number of hydrogen-bond acceptors (Lipinski definition) is 12. The number of amides is 5. The zero-order chi connectivity index (χ0) is 54.1. The van der Waals surface area contributed by atoms with Crippen molar-refractivity contribution in [1.82, 2.24) is 49.9 Å². The van der Waals surface area contributed by atoms with Crippen LogP contribution in [0.15, 0.2) is 59.9 Å². The molecule has 1 aromatic carbocycles. The molecule has 2 N–H and O–H groups in total. The molecule has 0 aliphatic carbocycles. The van der Waals surface area contributed by atoms with Crippen LogP contribution in [0.2, 0.25) is 0 Å². The Morgan fingerprint density at radius 1 is 1.07 bits per heavy atom. The number of carbonyl (C=O) groups excluding carboxylic acids is 5. The number of oxazole rings is 1. The number of rotatable bonds is 10. The zero-order valence-corrected chi connectivity index (χ0v) is 44.3. The number of piperazine rings is 1. The van der Waals surface area contributed by atoms with Crippen molar-refractivity contribution < 1.29 is 51.0 Å². The molecule has 18 nitrogen and oxygen atoms in total. The molecule has 5 amide bonds. The minimum atomic E-state index is -4.62. The molecule has 3 saturated heterocycles. The molecule has 4 aromatic rings. The summed E-state index contributed by atoms with van der Waals surface area (Å²) >= 11 is 0. The number of carbonyl (C=O) groups is 5. The lowest BCUT2D eigenvalue weighted by Crippen LogP contribution is -2.67. The Morgan fingerprint density at radius 2 is 1.81 bits per heavy atom. The molecule has 21 heteroatoms. The van der Waals surface area contributed by atoms with Crippen molar-refractivity contribution in [3.8, 4) is 22.7 Å². The van der Waals surface area contributed by atoms with E-state index < -0.39 is 66.1 Å². The van der Waals surface area contributed by atoms with Crippen LogP contribution in [0, 0.1) is 11.3 Å². The summed E-state index contributed by atoms with van der Waals surface area (Å²) in [6.07, 6.45) is 1.13. The lowest BCUT2D eigenvalue weighted by Gasteiger charge is -2.54. The van der Waals surface area contributed by atoms with Crippen molar-refractivity contribution in [3.05, 3.63) is 72.4 Å². The lowest BCUT2D eigenvalue weighted by atomic mass is 9.83. The summed E-state index contributed by atoms with van der Waals surface area (Å²) in [5, 5.41) is 4.76. The van der Waals surface area contributed by atoms with Gasteiger partial charge in [0.15, 0.2) is 0 Å². The van der Waals surface area contributed by atoms with Gasteiger partial charge in [-0.15, -0.1) is 0 Å². The summed E-state index contributed by atoms with van der Waals surface area (Å²) in [4.78, 5) is 87.1. The van der Waals surface area contributed by atoms with E-state index in [2.05, 4.69) is 34.1 Å². The Balaban J connectivity index is 1.12. The van der Waals surface area contributed by atoms with Gasteiger partial charge in [-0.2, -0.15) is 13.2 Å². The highest BCUT2D eigenvalue weighted by atomic mass is 19.4. The number of nitrogens with one attached hydrogen (secondary N) is 2. The predicted octanol–water partition coefficient (Wildman–Crippen LogP) is 6.54. The van der Waals surface area contributed by atoms with Crippen molar-refractivity contribution >= 4 is 40.6 Å². The standard InChI is InChI=1S/C54H71F3N10O8/c1-10-43(68)64-24-25-65(11-2)53(30-64)18-22-63(23-19-53)51(72)62(8)45(33(3)4)47(69)60-41-27-36-29-74-48(59-36)35-16-17-42-38(26-35)39(28-52(6,7)32-75-50(71)40-15-13-21-67(61-40)49(41)70)46(66(42)31-54(55,56)57)37-14-12-20-58-44(37)34(5)73-9/h10,12,14,16-17,20,26,29,33-34,40-41,45,61H,1,11,13,15,18-19,21-25,27-28,30-32H2,2-9H3,(H,60,69)/t34-,40-,41-,45-/m0/s1. The number of pyridine rings is 1. The number of esters is 1. The van der Waals surface area contributed by atoms with E-state index >= 15 is 0 Å². The minimum Gasteiger partial charge on any atom is -0.464 e. The molecule has 0 radical (unpaired) electrons. The molecule has 75 heavy (non-hydrogen) atoms. The maximum absolute atomic E-state index is 14.7. The molecule has 3 fully saturated rings. The number of halogens is 3. The monoisotopic (exact) mass is 1040 g/mol. The van der Waals surface area contributed by atoms with Crippen molar-refractivity contribution in [3.63, 3.8) is 0 Å². The van der Waals surface area contributed by atoms with E-state index in [1.807, 2.05) is 32.6 Å². The first-order chi connectivity index (χ1) is 35.6. The van der Waals surface area contributed by atoms with Gasteiger partial charge in [0.05, 0.1) is 29.8 Å². The van der Waals surface area contributed by atoms with E-state index in [-0.39, 0.29) is 55.1 Å². The highest BCUT2D eigenvalue weighted by Gasteiger charge is 2.46.